The maximum absolute atomic E-state index is 5.51. The van der Waals surface area contributed by atoms with Gasteiger partial charge < -0.3 is 4.42 Å². The van der Waals surface area contributed by atoms with Crippen LogP contribution in [-0.4, -0.2) is 9.97 Å². The summed E-state index contributed by atoms with van der Waals surface area (Å²) in [6.45, 7) is 4.27. The smallest absolute Gasteiger partial charge is 0.248 e. The molecule has 0 amide bonds. The van der Waals surface area contributed by atoms with Crippen LogP contribution < -0.4 is 0 Å². The number of rotatable bonds is 2. The molecule has 2 aromatic heterocycles. The number of hydrogen-bond donors (Lipinski definition) is 0. The van der Waals surface area contributed by atoms with Gasteiger partial charge in [0.05, 0.1) is 0 Å². The molecule has 0 fully saturated rings. The minimum Gasteiger partial charge on any atom is -0.422 e. The Morgan fingerprint density at radius 2 is 2.14 bits per heavy atom. The molecule has 2 rings (SSSR count). The molecule has 74 valence electrons. The average Bonchev–Trinajstić information content (AvgIpc) is 2.44. The highest BCUT2D eigenvalue weighted by molar-refractivity contribution is 9.10. The van der Waals surface area contributed by atoms with Gasteiger partial charge in [0, 0.05) is 6.42 Å². The normalized spacial score (nSPS) is 11.4. The van der Waals surface area contributed by atoms with E-state index < -0.39 is 0 Å². The van der Waals surface area contributed by atoms with Gasteiger partial charge >= 0.3 is 0 Å². The summed E-state index contributed by atoms with van der Waals surface area (Å²) < 4.78 is 6.28. The summed E-state index contributed by atoms with van der Waals surface area (Å²) in [5.41, 5.74) is 1.43. The maximum atomic E-state index is 5.51. The van der Waals surface area contributed by atoms with Gasteiger partial charge in [0.1, 0.15) is 10.1 Å². The summed E-state index contributed by atoms with van der Waals surface area (Å²) in [6.07, 6.45) is 0.855. The van der Waals surface area contributed by atoms with E-state index in [1.54, 1.807) is 0 Å². The molecule has 0 aliphatic rings. The van der Waals surface area contributed by atoms with Crippen molar-refractivity contribution in [2.75, 3.05) is 0 Å². The van der Waals surface area contributed by atoms with Crippen LogP contribution in [0.5, 0.6) is 0 Å². The van der Waals surface area contributed by atoms with Crippen molar-refractivity contribution in [1.29, 1.82) is 0 Å². The Labute approximate surface area is 90.7 Å². The maximum Gasteiger partial charge on any atom is 0.248 e. The monoisotopic (exact) mass is 254 g/mol. The molecule has 0 aromatic carbocycles. The van der Waals surface area contributed by atoms with Gasteiger partial charge in [-0.15, -0.1) is 0 Å². The molecule has 0 aliphatic carbocycles. The number of halogens is 1. The topological polar surface area (TPSA) is 38.9 Å². The lowest BCUT2D eigenvalue weighted by atomic mass is 10.1. The van der Waals surface area contributed by atoms with E-state index in [2.05, 4.69) is 39.7 Å². The molecule has 3 nitrogen and oxygen atoms in total. The highest BCUT2D eigenvalue weighted by Gasteiger charge is 2.08. The van der Waals surface area contributed by atoms with Crippen molar-refractivity contribution < 1.29 is 4.42 Å². The SMILES string of the molecule is CC(C)Cc1nc2ccc(Br)nc2o1. The fourth-order valence-electron chi connectivity index (χ4n) is 1.28. The number of pyridine rings is 1. The molecule has 0 unspecified atom stereocenters. The third-order valence-electron chi connectivity index (χ3n) is 1.85. The zero-order chi connectivity index (χ0) is 10.1. The third kappa shape index (κ3) is 1.95. The Morgan fingerprint density at radius 1 is 1.36 bits per heavy atom. The van der Waals surface area contributed by atoms with Gasteiger partial charge in [0.15, 0.2) is 5.89 Å². The number of aromatic nitrogens is 2. The van der Waals surface area contributed by atoms with Crippen LogP contribution in [0.15, 0.2) is 21.2 Å². The number of oxazole rings is 1. The molecular weight excluding hydrogens is 244 g/mol. The zero-order valence-corrected chi connectivity index (χ0v) is 9.71. The Bertz CT molecular complexity index is 450. The summed E-state index contributed by atoms with van der Waals surface area (Å²) in [6, 6.07) is 3.77. The highest BCUT2D eigenvalue weighted by atomic mass is 79.9. The number of fused-ring (bicyclic) bond motifs is 1. The predicted molar refractivity (Wildman–Crippen MR) is 58.0 cm³/mol. The van der Waals surface area contributed by atoms with Crippen molar-refractivity contribution in [3.63, 3.8) is 0 Å². The summed E-state index contributed by atoms with van der Waals surface area (Å²) in [4.78, 5) is 8.54. The Balaban J connectivity index is 2.41. The van der Waals surface area contributed by atoms with Gasteiger partial charge in [0.2, 0.25) is 5.71 Å². The first-order chi connectivity index (χ1) is 6.65. The van der Waals surface area contributed by atoms with E-state index in [0.717, 1.165) is 22.4 Å². The zero-order valence-electron chi connectivity index (χ0n) is 8.12. The molecule has 0 aliphatic heterocycles. The quantitative estimate of drug-likeness (QED) is 0.773. The number of hydrogen-bond acceptors (Lipinski definition) is 3. The minimum atomic E-state index is 0.548. The molecule has 14 heavy (non-hydrogen) atoms. The van der Waals surface area contributed by atoms with Crippen molar-refractivity contribution in [2.45, 2.75) is 20.3 Å². The lowest BCUT2D eigenvalue weighted by Gasteiger charge is -1.96. The van der Waals surface area contributed by atoms with E-state index >= 15 is 0 Å². The molecular formula is C10H11BrN2O. The summed E-state index contributed by atoms with van der Waals surface area (Å²) in [5.74, 6) is 1.31. The Hall–Kier alpha value is -0.900. The average molecular weight is 255 g/mol. The molecule has 0 saturated heterocycles. The van der Waals surface area contributed by atoms with Gasteiger partial charge in [-0.2, -0.15) is 0 Å². The lowest BCUT2D eigenvalue weighted by molar-refractivity contribution is 0.477. The van der Waals surface area contributed by atoms with Crippen molar-refractivity contribution in [1.82, 2.24) is 9.97 Å². The van der Waals surface area contributed by atoms with E-state index in [-0.39, 0.29) is 0 Å². The van der Waals surface area contributed by atoms with E-state index in [4.69, 9.17) is 4.42 Å². The number of nitrogens with zero attached hydrogens (tertiary/aromatic N) is 2. The first-order valence-electron chi connectivity index (χ1n) is 4.57. The second-order valence-electron chi connectivity index (χ2n) is 3.66. The van der Waals surface area contributed by atoms with E-state index in [1.807, 2.05) is 12.1 Å². The fraction of sp³-hybridized carbons (Fsp3) is 0.400. The van der Waals surface area contributed by atoms with Crippen LogP contribution in [-0.2, 0) is 6.42 Å². The standard InChI is InChI=1S/C10H11BrN2O/c1-6(2)5-9-12-7-3-4-8(11)13-10(7)14-9/h3-4,6H,5H2,1-2H3. The molecule has 0 N–H and O–H groups in total. The van der Waals surface area contributed by atoms with Gasteiger partial charge in [-0.25, -0.2) is 9.97 Å². The summed E-state index contributed by atoms with van der Waals surface area (Å²) >= 11 is 3.29. The molecule has 0 spiro atoms. The third-order valence-corrected chi connectivity index (χ3v) is 2.29. The van der Waals surface area contributed by atoms with E-state index in [1.165, 1.54) is 0 Å². The van der Waals surface area contributed by atoms with Crippen LogP contribution in [0.3, 0.4) is 0 Å². The Morgan fingerprint density at radius 3 is 2.86 bits per heavy atom. The van der Waals surface area contributed by atoms with Crippen LogP contribution in [0.2, 0.25) is 0 Å². The fourth-order valence-corrected chi connectivity index (χ4v) is 1.57. The highest BCUT2D eigenvalue weighted by Crippen LogP contribution is 2.18. The lowest BCUT2D eigenvalue weighted by Crippen LogP contribution is -1.93. The molecule has 4 heteroatoms. The van der Waals surface area contributed by atoms with E-state index in [0.29, 0.717) is 11.6 Å². The van der Waals surface area contributed by atoms with Crippen LogP contribution in [0, 0.1) is 5.92 Å². The van der Waals surface area contributed by atoms with Crippen LogP contribution in [0.25, 0.3) is 11.2 Å². The molecule has 2 heterocycles. The molecule has 0 atom stereocenters. The Kier molecular flexibility index (Phi) is 2.54. The first-order valence-corrected chi connectivity index (χ1v) is 5.36. The van der Waals surface area contributed by atoms with Gasteiger partial charge in [-0.1, -0.05) is 13.8 Å². The molecule has 0 radical (unpaired) electrons. The summed E-state index contributed by atoms with van der Waals surface area (Å²) in [5, 5.41) is 0. The van der Waals surface area contributed by atoms with Crippen molar-refractivity contribution in [3.05, 3.63) is 22.6 Å². The van der Waals surface area contributed by atoms with E-state index in [9.17, 15) is 0 Å². The second kappa shape index (κ2) is 3.69. The van der Waals surface area contributed by atoms with Crippen molar-refractivity contribution >= 4 is 27.2 Å². The first kappa shape index (κ1) is 9.65. The van der Waals surface area contributed by atoms with Crippen LogP contribution >= 0.6 is 15.9 Å². The predicted octanol–water partition coefficient (Wildman–Crippen LogP) is 3.18. The van der Waals surface area contributed by atoms with Crippen molar-refractivity contribution in [3.8, 4) is 0 Å². The van der Waals surface area contributed by atoms with Gasteiger partial charge in [0.25, 0.3) is 0 Å². The van der Waals surface area contributed by atoms with Crippen LogP contribution in [0.1, 0.15) is 19.7 Å². The summed E-state index contributed by atoms with van der Waals surface area (Å²) in [7, 11) is 0. The van der Waals surface area contributed by atoms with Gasteiger partial charge in [-0.3, -0.25) is 0 Å². The largest absolute Gasteiger partial charge is 0.422 e. The van der Waals surface area contributed by atoms with Crippen molar-refractivity contribution in [2.24, 2.45) is 5.92 Å². The van der Waals surface area contributed by atoms with Gasteiger partial charge in [-0.05, 0) is 34.0 Å². The molecule has 0 saturated carbocycles. The van der Waals surface area contributed by atoms with Crippen LogP contribution in [0.4, 0.5) is 0 Å². The second-order valence-corrected chi connectivity index (χ2v) is 4.48. The molecule has 2 aromatic rings. The molecule has 0 bridgehead atoms. The minimum absolute atomic E-state index is 0.548.